The summed E-state index contributed by atoms with van der Waals surface area (Å²) in [6, 6.07) is 6.22. The zero-order chi connectivity index (χ0) is 17.6. The van der Waals surface area contributed by atoms with Crippen molar-refractivity contribution in [3.8, 4) is 11.5 Å². The van der Waals surface area contributed by atoms with Crippen LogP contribution in [0.4, 0.5) is 0 Å². The van der Waals surface area contributed by atoms with E-state index in [1.807, 2.05) is 25.1 Å². The predicted octanol–water partition coefficient (Wildman–Crippen LogP) is 2.16. The van der Waals surface area contributed by atoms with Gasteiger partial charge in [0.1, 0.15) is 0 Å². The van der Waals surface area contributed by atoms with E-state index in [-0.39, 0.29) is 6.79 Å². The molecule has 2 N–H and O–H groups in total. The molecule has 1 saturated carbocycles. The molecule has 7 heteroatoms. The highest BCUT2D eigenvalue weighted by Gasteiger charge is 2.26. The summed E-state index contributed by atoms with van der Waals surface area (Å²) in [6.07, 6.45) is 4.22. The third kappa shape index (κ3) is 4.45. The maximum atomic E-state index is 12.1. The summed E-state index contributed by atoms with van der Waals surface area (Å²) < 4.78 is 23.1. The van der Waals surface area contributed by atoms with Crippen molar-refractivity contribution < 1.29 is 13.7 Å². The Labute approximate surface area is 151 Å². The molecule has 1 fully saturated rings. The van der Waals surface area contributed by atoms with Crippen molar-refractivity contribution in [2.75, 3.05) is 19.6 Å². The van der Waals surface area contributed by atoms with Crippen molar-refractivity contribution in [1.82, 2.24) is 10.6 Å². The molecule has 0 radical (unpaired) electrons. The molecule has 25 heavy (non-hydrogen) atoms. The molecule has 1 aliphatic carbocycles. The van der Waals surface area contributed by atoms with Gasteiger partial charge in [-0.3, -0.25) is 9.20 Å². The molecule has 0 aromatic heterocycles. The summed E-state index contributed by atoms with van der Waals surface area (Å²) in [6.45, 7) is 2.89. The summed E-state index contributed by atoms with van der Waals surface area (Å²) in [5, 5.41) is 7.14. The SMILES string of the molecule is CCS(=O)C1CCCC(NC(=NC)NCc2cccc3c2OCO3)C1. The van der Waals surface area contributed by atoms with Crippen molar-refractivity contribution in [3.63, 3.8) is 0 Å². The third-order valence-corrected chi connectivity index (χ3v) is 6.51. The van der Waals surface area contributed by atoms with Gasteiger partial charge in [0.2, 0.25) is 6.79 Å². The largest absolute Gasteiger partial charge is 0.454 e. The van der Waals surface area contributed by atoms with Crippen LogP contribution in [0, 0.1) is 0 Å². The first-order valence-electron chi connectivity index (χ1n) is 8.93. The van der Waals surface area contributed by atoms with Crippen LogP contribution in [0.1, 0.15) is 38.2 Å². The molecule has 0 spiro atoms. The van der Waals surface area contributed by atoms with E-state index < -0.39 is 10.8 Å². The zero-order valence-corrected chi connectivity index (χ0v) is 15.7. The number of aliphatic imine (C=N–C) groups is 1. The number of nitrogens with one attached hydrogen (secondary N) is 2. The van der Waals surface area contributed by atoms with Gasteiger partial charge >= 0.3 is 0 Å². The standard InChI is InChI=1S/C18H27N3O3S/c1-3-25(22)15-8-5-7-14(10-15)21-18(19-2)20-11-13-6-4-9-16-17(13)24-12-23-16/h4,6,9,14-15H,3,5,7-8,10-12H2,1-2H3,(H2,19,20,21). The van der Waals surface area contributed by atoms with Crippen LogP contribution in [0.25, 0.3) is 0 Å². The second-order valence-corrected chi connectivity index (χ2v) is 8.38. The third-order valence-electron chi connectivity index (χ3n) is 4.77. The molecule has 3 atom stereocenters. The molecule has 3 rings (SSSR count). The summed E-state index contributed by atoms with van der Waals surface area (Å²) >= 11 is 0. The Kier molecular flexibility index (Phi) is 6.18. The van der Waals surface area contributed by atoms with Gasteiger partial charge in [0.15, 0.2) is 17.5 Å². The Morgan fingerprint density at radius 1 is 1.36 bits per heavy atom. The minimum atomic E-state index is -0.715. The topological polar surface area (TPSA) is 72.0 Å². The van der Waals surface area contributed by atoms with E-state index in [1.165, 1.54) is 0 Å². The van der Waals surface area contributed by atoms with Crippen molar-refractivity contribution in [2.45, 2.75) is 50.4 Å². The highest BCUT2D eigenvalue weighted by molar-refractivity contribution is 7.85. The Hall–Kier alpha value is -1.76. The van der Waals surface area contributed by atoms with E-state index >= 15 is 0 Å². The fourth-order valence-corrected chi connectivity index (χ4v) is 4.80. The van der Waals surface area contributed by atoms with E-state index in [1.54, 1.807) is 7.05 Å². The van der Waals surface area contributed by atoms with Gasteiger partial charge in [-0.25, -0.2) is 0 Å². The van der Waals surface area contributed by atoms with Crippen LogP contribution in [0.15, 0.2) is 23.2 Å². The highest BCUT2D eigenvalue weighted by atomic mass is 32.2. The molecule has 1 aliphatic heterocycles. The van der Waals surface area contributed by atoms with Gasteiger partial charge < -0.3 is 20.1 Å². The molecule has 2 aliphatic rings. The molecule has 3 unspecified atom stereocenters. The molecule has 1 aromatic carbocycles. The van der Waals surface area contributed by atoms with E-state index in [0.717, 1.165) is 54.5 Å². The first kappa shape index (κ1) is 18.0. The summed E-state index contributed by atoms with van der Waals surface area (Å²) in [5.74, 6) is 3.11. The van der Waals surface area contributed by atoms with Gasteiger partial charge in [0.25, 0.3) is 0 Å². The maximum absolute atomic E-state index is 12.1. The molecule has 1 heterocycles. The smallest absolute Gasteiger partial charge is 0.231 e. The fourth-order valence-electron chi connectivity index (χ4n) is 3.45. The second-order valence-electron chi connectivity index (χ2n) is 6.38. The molecular formula is C18H27N3O3S. The van der Waals surface area contributed by atoms with Crippen LogP contribution >= 0.6 is 0 Å². The molecule has 138 valence electrons. The monoisotopic (exact) mass is 365 g/mol. The number of guanidine groups is 1. The van der Waals surface area contributed by atoms with Gasteiger partial charge in [0.05, 0.1) is 0 Å². The number of rotatable bonds is 5. The van der Waals surface area contributed by atoms with Crippen molar-refractivity contribution in [2.24, 2.45) is 4.99 Å². The average Bonchev–Trinajstić information content (AvgIpc) is 3.14. The number of para-hydroxylation sites is 1. The van der Waals surface area contributed by atoms with Crippen LogP contribution < -0.4 is 20.1 Å². The summed E-state index contributed by atoms with van der Waals surface area (Å²) in [4.78, 5) is 4.33. The lowest BCUT2D eigenvalue weighted by molar-refractivity contribution is 0.173. The quantitative estimate of drug-likeness (QED) is 0.618. The molecule has 1 aromatic rings. The van der Waals surface area contributed by atoms with Gasteiger partial charge in [-0.05, 0) is 25.3 Å². The van der Waals surface area contributed by atoms with E-state index in [2.05, 4.69) is 15.6 Å². The number of benzene rings is 1. The van der Waals surface area contributed by atoms with Crippen molar-refractivity contribution in [1.29, 1.82) is 0 Å². The van der Waals surface area contributed by atoms with Crippen LogP contribution in [0.5, 0.6) is 11.5 Å². The van der Waals surface area contributed by atoms with Crippen LogP contribution in [-0.2, 0) is 17.3 Å². The minimum Gasteiger partial charge on any atom is -0.454 e. The van der Waals surface area contributed by atoms with Gasteiger partial charge in [-0.15, -0.1) is 0 Å². The second kappa shape index (κ2) is 8.56. The summed E-state index contributed by atoms with van der Waals surface area (Å²) in [5.41, 5.74) is 1.05. The number of ether oxygens (including phenoxy) is 2. The van der Waals surface area contributed by atoms with E-state index in [0.29, 0.717) is 17.8 Å². The first-order chi connectivity index (χ1) is 12.2. The first-order valence-corrected chi connectivity index (χ1v) is 10.3. The fraction of sp³-hybridized carbons (Fsp3) is 0.611. The summed E-state index contributed by atoms with van der Waals surface area (Å²) in [7, 11) is 1.06. The van der Waals surface area contributed by atoms with Gasteiger partial charge in [-0.1, -0.05) is 25.5 Å². The average molecular weight is 365 g/mol. The van der Waals surface area contributed by atoms with Crippen LogP contribution in [0.3, 0.4) is 0 Å². The lowest BCUT2D eigenvalue weighted by Crippen LogP contribution is -2.46. The van der Waals surface area contributed by atoms with E-state index in [9.17, 15) is 4.21 Å². The van der Waals surface area contributed by atoms with E-state index in [4.69, 9.17) is 9.47 Å². The lowest BCUT2D eigenvalue weighted by atomic mass is 9.95. The van der Waals surface area contributed by atoms with Gasteiger partial charge in [-0.2, -0.15) is 0 Å². The normalized spacial score (nSPS) is 24.0. The Balaban J connectivity index is 1.55. The van der Waals surface area contributed by atoms with Gasteiger partial charge in [0, 0.05) is 47.0 Å². The molecular weight excluding hydrogens is 338 g/mol. The number of hydrogen-bond acceptors (Lipinski definition) is 4. The number of hydrogen-bond donors (Lipinski definition) is 2. The van der Waals surface area contributed by atoms with Crippen LogP contribution in [-0.4, -0.2) is 41.1 Å². The highest BCUT2D eigenvalue weighted by Crippen LogP contribution is 2.35. The Morgan fingerprint density at radius 3 is 3.04 bits per heavy atom. The molecule has 0 bridgehead atoms. The maximum Gasteiger partial charge on any atom is 0.231 e. The Morgan fingerprint density at radius 2 is 2.24 bits per heavy atom. The van der Waals surface area contributed by atoms with Crippen molar-refractivity contribution in [3.05, 3.63) is 23.8 Å². The molecule has 0 saturated heterocycles. The number of nitrogens with zero attached hydrogens (tertiary/aromatic N) is 1. The zero-order valence-electron chi connectivity index (χ0n) is 14.9. The molecule has 0 amide bonds. The predicted molar refractivity (Wildman–Crippen MR) is 101 cm³/mol. The van der Waals surface area contributed by atoms with Crippen LogP contribution in [0.2, 0.25) is 0 Å². The minimum absolute atomic E-state index is 0.275. The molecule has 6 nitrogen and oxygen atoms in total. The Bertz CT molecular complexity index is 650. The number of fused-ring (bicyclic) bond motifs is 1. The lowest BCUT2D eigenvalue weighted by Gasteiger charge is -2.30. The van der Waals surface area contributed by atoms with Crippen molar-refractivity contribution >= 4 is 16.8 Å².